The van der Waals surface area contributed by atoms with E-state index in [-0.39, 0.29) is 5.91 Å². The Labute approximate surface area is 153 Å². The number of nitrogens with one attached hydrogen (secondary N) is 1. The van der Waals surface area contributed by atoms with Crippen LogP contribution in [0.2, 0.25) is 0 Å². The van der Waals surface area contributed by atoms with Crippen molar-refractivity contribution in [2.45, 2.75) is 26.8 Å². The molecule has 0 aliphatic rings. The van der Waals surface area contributed by atoms with Crippen molar-refractivity contribution in [1.82, 2.24) is 9.78 Å². The molecule has 2 aromatic carbocycles. The van der Waals surface area contributed by atoms with Crippen molar-refractivity contribution in [2.24, 2.45) is 0 Å². The molecule has 0 aliphatic carbocycles. The smallest absolute Gasteiger partial charge is 0.229 e. The van der Waals surface area contributed by atoms with Crippen LogP contribution < -0.4 is 10.1 Å². The molecule has 0 saturated carbocycles. The van der Waals surface area contributed by atoms with Crippen LogP contribution in [-0.2, 0) is 17.8 Å². The number of hydrogen-bond acceptors (Lipinski definition) is 3. The maximum atomic E-state index is 12.4. The molecule has 1 aromatic heterocycles. The van der Waals surface area contributed by atoms with E-state index >= 15 is 0 Å². The zero-order valence-electron chi connectivity index (χ0n) is 15.1. The van der Waals surface area contributed by atoms with Gasteiger partial charge in [0.1, 0.15) is 11.6 Å². The number of nitrogens with zero attached hydrogens (tertiary/aromatic N) is 2. The summed E-state index contributed by atoms with van der Waals surface area (Å²) in [6.45, 7) is 5.11. The maximum absolute atomic E-state index is 12.4. The number of amides is 1. The van der Waals surface area contributed by atoms with E-state index in [1.54, 1.807) is 0 Å². The number of anilines is 1. The van der Waals surface area contributed by atoms with Gasteiger partial charge in [0.05, 0.1) is 25.3 Å². The second-order valence-electron chi connectivity index (χ2n) is 6.12. The molecule has 0 saturated heterocycles. The molecule has 0 atom stereocenters. The first-order valence-electron chi connectivity index (χ1n) is 8.74. The topological polar surface area (TPSA) is 56.1 Å². The van der Waals surface area contributed by atoms with Crippen molar-refractivity contribution in [2.75, 3.05) is 11.9 Å². The first-order chi connectivity index (χ1) is 12.6. The van der Waals surface area contributed by atoms with Gasteiger partial charge in [0.15, 0.2) is 0 Å². The maximum Gasteiger partial charge on any atom is 0.229 e. The molecule has 0 unspecified atom stereocenters. The molecule has 0 spiro atoms. The van der Waals surface area contributed by atoms with Crippen molar-refractivity contribution in [3.63, 3.8) is 0 Å². The third-order valence-electron chi connectivity index (χ3n) is 3.94. The van der Waals surface area contributed by atoms with Crippen LogP contribution in [0.4, 0.5) is 5.82 Å². The molecule has 3 rings (SSSR count). The highest BCUT2D eigenvalue weighted by atomic mass is 16.5. The molecule has 0 fully saturated rings. The van der Waals surface area contributed by atoms with Gasteiger partial charge in [-0.25, -0.2) is 4.68 Å². The zero-order chi connectivity index (χ0) is 18.4. The van der Waals surface area contributed by atoms with Gasteiger partial charge in [-0.2, -0.15) is 5.10 Å². The zero-order valence-corrected chi connectivity index (χ0v) is 15.1. The average Bonchev–Trinajstić information content (AvgIpc) is 2.96. The monoisotopic (exact) mass is 349 g/mol. The van der Waals surface area contributed by atoms with Gasteiger partial charge in [-0.1, -0.05) is 42.5 Å². The fourth-order valence-electron chi connectivity index (χ4n) is 2.77. The molecule has 134 valence electrons. The van der Waals surface area contributed by atoms with E-state index in [9.17, 15) is 4.79 Å². The predicted molar refractivity (Wildman–Crippen MR) is 102 cm³/mol. The Hall–Kier alpha value is -3.08. The number of carbonyl (C=O) groups excluding carboxylic acids is 1. The number of carbonyl (C=O) groups is 1. The second kappa shape index (κ2) is 8.34. The normalized spacial score (nSPS) is 10.5. The summed E-state index contributed by atoms with van der Waals surface area (Å²) in [5.74, 6) is 1.46. The summed E-state index contributed by atoms with van der Waals surface area (Å²) < 4.78 is 7.24. The van der Waals surface area contributed by atoms with Crippen LogP contribution in [0, 0.1) is 6.92 Å². The van der Waals surface area contributed by atoms with E-state index in [4.69, 9.17) is 4.74 Å². The van der Waals surface area contributed by atoms with Gasteiger partial charge in [-0.3, -0.25) is 4.79 Å². The summed E-state index contributed by atoms with van der Waals surface area (Å²) in [6, 6.07) is 19.5. The highest BCUT2D eigenvalue weighted by Crippen LogP contribution is 2.15. The van der Waals surface area contributed by atoms with E-state index in [1.807, 2.05) is 79.2 Å². The number of aryl methyl sites for hydroxylation is 1. The van der Waals surface area contributed by atoms with Crippen molar-refractivity contribution >= 4 is 11.7 Å². The lowest BCUT2D eigenvalue weighted by molar-refractivity contribution is -0.115. The van der Waals surface area contributed by atoms with E-state index in [1.165, 1.54) is 0 Å². The van der Waals surface area contributed by atoms with Crippen LogP contribution in [-0.4, -0.2) is 22.3 Å². The average molecular weight is 349 g/mol. The molecular weight excluding hydrogens is 326 g/mol. The third-order valence-corrected chi connectivity index (χ3v) is 3.94. The molecule has 5 nitrogen and oxygen atoms in total. The molecule has 1 amide bonds. The first kappa shape index (κ1) is 17.7. The Bertz CT molecular complexity index is 855. The Kier molecular flexibility index (Phi) is 5.69. The Balaban J connectivity index is 1.65. The lowest BCUT2D eigenvalue weighted by atomic mass is 10.1. The van der Waals surface area contributed by atoms with Crippen molar-refractivity contribution in [1.29, 1.82) is 0 Å². The fraction of sp³-hybridized carbons (Fsp3) is 0.238. The highest BCUT2D eigenvalue weighted by molar-refractivity contribution is 5.91. The van der Waals surface area contributed by atoms with E-state index in [0.29, 0.717) is 25.4 Å². The van der Waals surface area contributed by atoms with E-state index in [2.05, 4.69) is 10.4 Å². The molecular formula is C21H23N3O2. The molecule has 1 heterocycles. The molecule has 0 aliphatic heterocycles. The minimum Gasteiger partial charge on any atom is -0.494 e. The molecule has 0 radical (unpaired) electrons. The Morgan fingerprint density at radius 1 is 1.08 bits per heavy atom. The molecule has 0 bridgehead atoms. The summed E-state index contributed by atoms with van der Waals surface area (Å²) >= 11 is 0. The molecule has 5 heteroatoms. The van der Waals surface area contributed by atoms with Gasteiger partial charge in [0.2, 0.25) is 5.91 Å². The lowest BCUT2D eigenvalue weighted by Crippen LogP contribution is -2.18. The van der Waals surface area contributed by atoms with Gasteiger partial charge in [-0.15, -0.1) is 0 Å². The first-order valence-corrected chi connectivity index (χ1v) is 8.74. The van der Waals surface area contributed by atoms with Crippen LogP contribution in [0.5, 0.6) is 5.75 Å². The number of benzene rings is 2. The molecule has 1 N–H and O–H groups in total. The Morgan fingerprint density at radius 2 is 1.81 bits per heavy atom. The van der Waals surface area contributed by atoms with E-state index < -0.39 is 0 Å². The Morgan fingerprint density at radius 3 is 2.50 bits per heavy atom. The van der Waals surface area contributed by atoms with Crippen molar-refractivity contribution < 1.29 is 9.53 Å². The van der Waals surface area contributed by atoms with Crippen LogP contribution in [0.1, 0.15) is 23.7 Å². The van der Waals surface area contributed by atoms with Gasteiger partial charge in [0, 0.05) is 6.07 Å². The second-order valence-corrected chi connectivity index (χ2v) is 6.12. The van der Waals surface area contributed by atoms with Crippen molar-refractivity contribution in [3.05, 3.63) is 77.5 Å². The van der Waals surface area contributed by atoms with Crippen LogP contribution in [0.3, 0.4) is 0 Å². The minimum atomic E-state index is -0.0663. The SMILES string of the molecule is CCOc1ccc(CC(=O)Nc2cc(C)nn2Cc2ccccc2)cc1. The highest BCUT2D eigenvalue weighted by Gasteiger charge is 2.10. The summed E-state index contributed by atoms with van der Waals surface area (Å²) in [6.07, 6.45) is 0.308. The van der Waals surface area contributed by atoms with Crippen LogP contribution in [0.15, 0.2) is 60.7 Å². The standard InChI is InChI=1S/C21H23N3O2/c1-3-26-19-11-9-17(10-12-19)14-21(25)22-20-13-16(2)23-24(20)15-18-7-5-4-6-8-18/h4-13H,3,14-15H2,1-2H3,(H,22,25). The number of aromatic nitrogens is 2. The minimum absolute atomic E-state index is 0.0663. The summed E-state index contributed by atoms with van der Waals surface area (Å²) in [4.78, 5) is 12.4. The van der Waals surface area contributed by atoms with Gasteiger partial charge in [0.25, 0.3) is 0 Å². The molecule has 26 heavy (non-hydrogen) atoms. The summed E-state index contributed by atoms with van der Waals surface area (Å²) in [5, 5.41) is 7.45. The summed E-state index contributed by atoms with van der Waals surface area (Å²) in [7, 11) is 0. The lowest BCUT2D eigenvalue weighted by Gasteiger charge is -2.09. The fourth-order valence-corrected chi connectivity index (χ4v) is 2.77. The van der Waals surface area contributed by atoms with Gasteiger partial charge >= 0.3 is 0 Å². The predicted octanol–water partition coefficient (Wildman–Crippen LogP) is 3.82. The summed E-state index contributed by atoms with van der Waals surface area (Å²) in [5.41, 5.74) is 2.95. The number of rotatable bonds is 7. The number of hydrogen-bond donors (Lipinski definition) is 1. The third kappa shape index (κ3) is 4.72. The number of ether oxygens (including phenoxy) is 1. The quantitative estimate of drug-likeness (QED) is 0.705. The largest absolute Gasteiger partial charge is 0.494 e. The molecule has 3 aromatic rings. The van der Waals surface area contributed by atoms with E-state index in [0.717, 1.165) is 22.6 Å². The van der Waals surface area contributed by atoms with Crippen LogP contribution >= 0.6 is 0 Å². The van der Waals surface area contributed by atoms with Gasteiger partial charge < -0.3 is 10.1 Å². The van der Waals surface area contributed by atoms with Gasteiger partial charge in [-0.05, 0) is 37.1 Å². The van der Waals surface area contributed by atoms with Crippen LogP contribution in [0.25, 0.3) is 0 Å². The van der Waals surface area contributed by atoms with Crippen molar-refractivity contribution in [3.8, 4) is 5.75 Å².